The zero-order valence-electron chi connectivity index (χ0n) is 9.77. The topological polar surface area (TPSA) is 34.9 Å². The Hall–Kier alpha value is -1.61. The minimum absolute atomic E-state index is 0.0886. The van der Waals surface area contributed by atoms with Gasteiger partial charge in [0.1, 0.15) is 5.69 Å². The van der Waals surface area contributed by atoms with Gasteiger partial charge in [-0.3, -0.25) is 9.48 Å². The van der Waals surface area contributed by atoms with Crippen molar-refractivity contribution in [3.8, 4) is 0 Å². The SMILES string of the molecule is CCn1nccc1C(=O)c1ccc(C)cc1Cl. The zero-order chi connectivity index (χ0) is 12.4. The summed E-state index contributed by atoms with van der Waals surface area (Å²) in [5.41, 5.74) is 2.13. The second-order valence-corrected chi connectivity index (χ2v) is 4.25. The molecule has 0 unspecified atom stereocenters. The molecule has 0 saturated carbocycles. The molecule has 1 heterocycles. The number of aromatic nitrogens is 2. The van der Waals surface area contributed by atoms with Crippen LogP contribution in [0.15, 0.2) is 30.5 Å². The fourth-order valence-corrected chi connectivity index (χ4v) is 2.04. The highest BCUT2D eigenvalue weighted by Gasteiger charge is 2.16. The van der Waals surface area contributed by atoms with E-state index >= 15 is 0 Å². The molecule has 0 aliphatic rings. The van der Waals surface area contributed by atoms with Crippen LogP contribution in [0.3, 0.4) is 0 Å². The Morgan fingerprint density at radius 3 is 2.82 bits per heavy atom. The molecule has 4 heteroatoms. The van der Waals surface area contributed by atoms with E-state index in [1.54, 1.807) is 29.1 Å². The van der Waals surface area contributed by atoms with Gasteiger partial charge < -0.3 is 0 Å². The van der Waals surface area contributed by atoms with Crippen LogP contribution in [0, 0.1) is 6.92 Å². The summed E-state index contributed by atoms with van der Waals surface area (Å²) < 4.78 is 1.67. The molecule has 17 heavy (non-hydrogen) atoms. The molecule has 3 nitrogen and oxygen atoms in total. The first-order chi connectivity index (χ1) is 8.13. The summed E-state index contributed by atoms with van der Waals surface area (Å²) in [6, 6.07) is 7.14. The van der Waals surface area contributed by atoms with E-state index in [2.05, 4.69) is 5.10 Å². The minimum Gasteiger partial charge on any atom is -0.287 e. The average Bonchev–Trinajstić information content (AvgIpc) is 2.76. The number of benzene rings is 1. The molecule has 0 bridgehead atoms. The number of aryl methyl sites for hydroxylation is 2. The molecule has 2 aromatic rings. The van der Waals surface area contributed by atoms with Crippen LogP contribution in [0.2, 0.25) is 5.02 Å². The number of carbonyl (C=O) groups is 1. The number of carbonyl (C=O) groups excluding carboxylic acids is 1. The average molecular weight is 249 g/mol. The van der Waals surface area contributed by atoms with Crippen molar-refractivity contribution in [1.29, 1.82) is 0 Å². The maximum Gasteiger partial charge on any atom is 0.212 e. The van der Waals surface area contributed by atoms with Crippen LogP contribution in [-0.4, -0.2) is 15.6 Å². The van der Waals surface area contributed by atoms with E-state index in [4.69, 9.17) is 11.6 Å². The summed E-state index contributed by atoms with van der Waals surface area (Å²) in [5.74, 6) is -0.0886. The Bertz CT molecular complexity index is 560. The molecule has 2 rings (SSSR count). The molecule has 1 aromatic carbocycles. The van der Waals surface area contributed by atoms with Crippen molar-refractivity contribution in [2.75, 3.05) is 0 Å². The summed E-state index contributed by atoms with van der Waals surface area (Å²) >= 11 is 6.09. The van der Waals surface area contributed by atoms with E-state index in [1.807, 2.05) is 19.9 Å². The van der Waals surface area contributed by atoms with E-state index < -0.39 is 0 Å². The third-order valence-corrected chi connectivity index (χ3v) is 2.93. The first kappa shape index (κ1) is 11.9. The molecule has 0 N–H and O–H groups in total. The van der Waals surface area contributed by atoms with E-state index in [-0.39, 0.29) is 5.78 Å². The second kappa shape index (κ2) is 4.72. The Kier molecular flexibility index (Phi) is 3.29. The van der Waals surface area contributed by atoms with Gasteiger partial charge in [0.05, 0.1) is 5.02 Å². The quantitative estimate of drug-likeness (QED) is 0.783. The Morgan fingerprint density at radius 1 is 1.41 bits per heavy atom. The van der Waals surface area contributed by atoms with Crippen molar-refractivity contribution >= 4 is 17.4 Å². The number of halogens is 1. The molecular formula is C13H13ClN2O. The summed E-state index contributed by atoms with van der Waals surface area (Å²) in [6.45, 7) is 4.55. The molecular weight excluding hydrogens is 236 g/mol. The largest absolute Gasteiger partial charge is 0.287 e. The van der Waals surface area contributed by atoms with Gasteiger partial charge in [0, 0.05) is 18.3 Å². The van der Waals surface area contributed by atoms with Crippen LogP contribution < -0.4 is 0 Å². The van der Waals surface area contributed by atoms with Crippen molar-refractivity contribution in [3.63, 3.8) is 0 Å². The fourth-order valence-electron chi connectivity index (χ4n) is 1.72. The predicted molar refractivity (Wildman–Crippen MR) is 67.5 cm³/mol. The number of rotatable bonds is 3. The van der Waals surface area contributed by atoms with Crippen molar-refractivity contribution in [2.24, 2.45) is 0 Å². The predicted octanol–water partition coefficient (Wildman–Crippen LogP) is 3.10. The van der Waals surface area contributed by atoms with Gasteiger partial charge in [0.2, 0.25) is 5.78 Å². The Morgan fingerprint density at radius 2 is 2.18 bits per heavy atom. The molecule has 0 fully saturated rings. The van der Waals surface area contributed by atoms with Crippen LogP contribution in [0.25, 0.3) is 0 Å². The molecule has 1 aromatic heterocycles. The lowest BCUT2D eigenvalue weighted by atomic mass is 10.1. The number of hydrogen-bond acceptors (Lipinski definition) is 2. The van der Waals surface area contributed by atoms with Crippen molar-refractivity contribution in [1.82, 2.24) is 9.78 Å². The molecule has 0 aliphatic heterocycles. The molecule has 0 atom stereocenters. The highest BCUT2D eigenvalue weighted by molar-refractivity contribution is 6.34. The van der Waals surface area contributed by atoms with E-state index in [1.165, 1.54) is 0 Å². The second-order valence-electron chi connectivity index (χ2n) is 3.84. The van der Waals surface area contributed by atoms with Crippen LogP contribution in [0.4, 0.5) is 0 Å². The molecule has 0 saturated heterocycles. The zero-order valence-corrected chi connectivity index (χ0v) is 10.5. The fraction of sp³-hybridized carbons (Fsp3) is 0.231. The van der Waals surface area contributed by atoms with E-state index in [0.29, 0.717) is 22.8 Å². The van der Waals surface area contributed by atoms with Gasteiger partial charge >= 0.3 is 0 Å². The van der Waals surface area contributed by atoms with Crippen LogP contribution in [0.5, 0.6) is 0 Å². The van der Waals surface area contributed by atoms with Gasteiger partial charge in [-0.2, -0.15) is 5.10 Å². The third-order valence-electron chi connectivity index (χ3n) is 2.62. The highest BCUT2D eigenvalue weighted by Crippen LogP contribution is 2.20. The van der Waals surface area contributed by atoms with Gasteiger partial charge in [0.15, 0.2) is 0 Å². The molecule has 88 valence electrons. The van der Waals surface area contributed by atoms with Gasteiger partial charge in [0.25, 0.3) is 0 Å². The Balaban J connectivity index is 2.44. The van der Waals surface area contributed by atoms with Crippen molar-refractivity contribution < 1.29 is 4.79 Å². The summed E-state index contributed by atoms with van der Waals surface area (Å²) in [5, 5.41) is 4.57. The van der Waals surface area contributed by atoms with Crippen LogP contribution >= 0.6 is 11.6 Å². The van der Waals surface area contributed by atoms with Crippen LogP contribution in [-0.2, 0) is 6.54 Å². The first-order valence-corrected chi connectivity index (χ1v) is 5.84. The number of hydrogen-bond donors (Lipinski definition) is 0. The smallest absolute Gasteiger partial charge is 0.212 e. The third kappa shape index (κ3) is 2.24. The van der Waals surface area contributed by atoms with Crippen molar-refractivity contribution in [2.45, 2.75) is 20.4 Å². The molecule has 0 aliphatic carbocycles. The number of nitrogens with zero attached hydrogens (tertiary/aromatic N) is 2. The summed E-state index contributed by atoms with van der Waals surface area (Å²) in [6.07, 6.45) is 1.62. The van der Waals surface area contributed by atoms with Gasteiger partial charge in [-0.25, -0.2) is 0 Å². The van der Waals surface area contributed by atoms with Crippen LogP contribution in [0.1, 0.15) is 28.5 Å². The molecule has 0 spiro atoms. The molecule has 0 amide bonds. The van der Waals surface area contributed by atoms with Gasteiger partial charge in [-0.15, -0.1) is 0 Å². The minimum atomic E-state index is -0.0886. The lowest BCUT2D eigenvalue weighted by Crippen LogP contribution is -2.11. The lowest BCUT2D eigenvalue weighted by molar-refractivity contribution is 0.102. The normalized spacial score (nSPS) is 10.5. The lowest BCUT2D eigenvalue weighted by Gasteiger charge is -2.06. The van der Waals surface area contributed by atoms with Gasteiger partial charge in [-0.1, -0.05) is 17.7 Å². The summed E-state index contributed by atoms with van der Waals surface area (Å²) in [7, 11) is 0. The maximum absolute atomic E-state index is 12.3. The summed E-state index contributed by atoms with van der Waals surface area (Å²) in [4.78, 5) is 12.3. The first-order valence-electron chi connectivity index (χ1n) is 5.46. The molecule has 0 radical (unpaired) electrons. The van der Waals surface area contributed by atoms with Crippen molar-refractivity contribution in [3.05, 3.63) is 52.3 Å². The van der Waals surface area contributed by atoms with Gasteiger partial charge in [-0.05, 0) is 37.6 Å². The Labute approximate surface area is 105 Å². The van der Waals surface area contributed by atoms with E-state index in [9.17, 15) is 4.79 Å². The monoisotopic (exact) mass is 248 g/mol. The number of ketones is 1. The standard InChI is InChI=1S/C13H13ClN2O/c1-3-16-12(6-7-15-16)13(17)10-5-4-9(2)8-11(10)14/h4-8H,3H2,1-2H3. The maximum atomic E-state index is 12.3. The van der Waals surface area contributed by atoms with E-state index in [0.717, 1.165) is 5.56 Å². The highest BCUT2D eigenvalue weighted by atomic mass is 35.5.